The van der Waals surface area contributed by atoms with E-state index < -0.39 is 5.60 Å². The number of amides is 1. The molecule has 1 aliphatic rings. The third-order valence-corrected chi connectivity index (χ3v) is 3.27. The van der Waals surface area contributed by atoms with Crippen LogP contribution in [0.3, 0.4) is 0 Å². The van der Waals surface area contributed by atoms with Gasteiger partial charge >= 0.3 is 25.0 Å². The number of nitrogens with zero attached hydrogens (tertiary/aromatic N) is 1. The van der Waals surface area contributed by atoms with Crippen molar-refractivity contribution in [2.45, 2.75) is 52.6 Å². The van der Waals surface area contributed by atoms with Crippen molar-refractivity contribution in [1.82, 2.24) is 4.90 Å². The van der Waals surface area contributed by atoms with Crippen LogP contribution in [0.4, 0.5) is 4.79 Å². The van der Waals surface area contributed by atoms with Gasteiger partial charge in [-0.15, -0.1) is 17.7 Å². The van der Waals surface area contributed by atoms with Gasteiger partial charge in [-0.3, -0.25) is 0 Å². The van der Waals surface area contributed by atoms with E-state index in [9.17, 15) is 4.79 Å². The second-order valence-electron chi connectivity index (χ2n) is 6.35. The number of hydrogen-bond acceptors (Lipinski definition) is 2. The minimum absolute atomic E-state index is 0. The van der Waals surface area contributed by atoms with Gasteiger partial charge in [-0.1, -0.05) is 32.0 Å². The van der Waals surface area contributed by atoms with Gasteiger partial charge < -0.3 is 9.64 Å². The van der Waals surface area contributed by atoms with Crippen LogP contribution in [-0.2, 0) is 4.74 Å². The number of fused-ring (bicyclic) bond motifs is 1. The van der Waals surface area contributed by atoms with E-state index in [1.807, 2.05) is 45.5 Å². The summed E-state index contributed by atoms with van der Waals surface area (Å²) in [5.41, 5.74) is 2.72. The molecule has 22 heavy (non-hydrogen) atoms. The molecule has 0 atom stereocenters. The molecular formula is C18H24LiNO2. The summed E-state index contributed by atoms with van der Waals surface area (Å²) in [7, 11) is 0. The number of unbranched alkanes of at least 4 members (excludes halogenated alkanes) is 1. The molecule has 0 saturated carbocycles. The van der Waals surface area contributed by atoms with Gasteiger partial charge in [-0.25, -0.2) is 4.79 Å². The topological polar surface area (TPSA) is 29.5 Å². The maximum atomic E-state index is 12.4. The van der Waals surface area contributed by atoms with E-state index in [-0.39, 0.29) is 25.0 Å². The quantitative estimate of drug-likeness (QED) is 0.630. The molecule has 0 fully saturated rings. The summed E-state index contributed by atoms with van der Waals surface area (Å²) in [4.78, 5) is 14.1. The van der Waals surface area contributed by atoms with Gasteiger partial charge in [0.15, 0.2) is 0 Å². The SMILES string of the molecule is CCCCC1=Cc2ccccc2[CH-]N1C(=O)OC(C)(C)C.[Li+]. The standard InChI is InChI=1S/C18H24NO2.Li/c1-5-6-11-16-12-14-9-7-8-10-15(14)13-19(16)17(20)21-18(2,3)4;/h7-10,12-13H,5-6,11H2,1-4H3;/q-1;+1. The maximum absolute atomic E-state index is 12.4. The van der Waals surface area contributed by atoms with Crippen LogP contribution in [0.5, 0.6) is 0 Å². The van der Waals surface area contributed by atoms with E-state index in [0.717, 1.165) is 36.1 Å². The summed E-state index contributed by atoms with van der Waals surface area (Å²) >= 11 is 0. The van der Waals surface area contributed by atoms with Crippen molar-refractivity contribution in [1.29, 1.82) is 0 Å². The number of hydrogen-bond donors (Lipinski definition) is 0. The van der Waals surface area contributed by atoms with Crippen LogP contribution in [0.15, 0.2) is 30.0 Å². The molecular weight excluding hydrogens is 269 g/mol. The molecule has 0 N–H and O–H groups in total. The Balaban J connectivity index is 0.00000242. The Hall–Kier alpha value is -1.30. The van der Waals surface area contributed by atoms with E-state index in [1.54, 1.807) is 4.90 Å². The first kappa shape index (κ1) is 18.7. The van der Waals surface area contributed by atoms with Gasteiger partial charge in [-0.2, -0.15) is 11.6 Å². The summed E-state index contributed by atoms with van der Waals surface area (Å²) in [5, 5.41) is 0. The minimum Gasteiger partial charge on any atom is -0.444 e. The third-order valence-electron chi connectivity index (χ3n) is 3.27. The Labute approximate surface area is 145 Å². The van der Waals surface area contributed by atoms with Gasteiger partial charge in [0.1, 0.15) is 5.60 Å². The zero-order valence-corrected chi connectivity index (χ0v) is 14.3. The molecule has 114 valence electrons. The predicted octanol–water partition coefficient (Wildman–Crippen LogP) is 1.98. The molecule has 1 heterocycles. The van der Waals surface area contributed by atoms with Gasteiger partial charge in [0.2, 0.25) is 0 Å². The van der Waals surface area contributed by atoms with Crippen LogP contribution in [0, 0.1) is 6.54 Å². The fraction of sp³-hybridized carbons (Fsp3) is 0.444. The van der Waals surface area contributed by atoms with Gasteiger partial charge in [0.25, 0.3) is 0 Å². The molecule has 4 heteroatoms. The Morgan fingerprint density at radius 2 is 1.95 bits per heavy atom. The monoisotopic (exact) mass is 293 g/mol. The van der Waals surface area contributed by atoms with Crippen molar-refractivity contribution < 1.29 is 28.4 Å². The van der Waals surface area contributed by atoms with E-state index >= 15 is 0 Å². The fourth-order valence-corrected chi connectivity index (χ4v) is 2.26. The molecule has 0 aromatic heterocycles. The molecule has 2 rings (SSSR count). The van der Waals surface area contributed by atoms with Crippen molar-refractivity contribution in [2.24, 2.45) is 0 Å². The first-order chi connectivity index (χ1) is 9.90. The van der Waals surface area contributed by atoms with Crippen molar-refractivity contribution in [3.8, 4) is 0 Å². The second-order valence-corrected chi connectivity index (χ2v) is 6.35. The molecule has 0 spiro atoms. The molecule has 3 nitrogen and oxygen atoms in total. The van der Waals surface area contributed by atoms with E-state index in [2.05, 4.69) is 19.1 Å². The summed E-state index contributed by atoms with van der Waals surface area (Å²) in [6, 6.07) is 8.08. The molecule has 0 radical (unpaired) electrons. The van der Waals surface area contributed by atoms with Crippen LogP contribution in [-0.4, -0.2) is 16.6 Å². The first-order valence-corrected chi connectivity index (χ1v) is 7.57. The zero-order chi connectivity index (χ0) is 15.5. The fourth-order valence-electron chi connectivity index (χ4n) is 2.26. The van der Waals surface area contributed by atoms with Crippen molar-refractivity contribution in [3.63, 3.8) is 0 Å². The predicted molar refractivity (Wildman–Crippen MR) is 85.4 cm³/mol. The van der Waals surface area contributed by atoms with Crippen molar-refractivity contribution >= 4 is 12.2 Å². The van der Waals surface area contributed by atoms with E-state index in [4.69, 9.17) is 4.74 Å². The molecule has 1 amide bonds. The van der Waals surface area contributed by atoms with Crippen molar-refractivity contribution in [3.05, 3.63) is 47.6 Å². The molecule has 0 unspecified atom stereocenters. The molecule has 1 aromatic rings. The van der Waals surface area contributed by atoms with Gasteiger partial charge in [-0.05, 0) is 33.6 Å². The number of carbonyl (C=O) groups is 1. The zero-order valence-electron chi connectivity index (χ0n) is 14.3. The Morgan fingerprint density at radius 3 is 2.59 bits per heavy atom. The van der Waals surface area contributed by atoms with Crippen LogP contribution < -0.4 is 18.9 Å². The van der Waals surface area contributed by atoms with Crippen molar-refractivity contribution in [2.75, 3.05) is 0 Å². The smallest absolute Gasteiger partial charge is 0.444 e. The third kappa shape index (κ3) is 4.86. The van der Waals surface area contributed by atoms with E-state index in [0.29, 0.717) is 0 Å². The van der Waals surface area contributed by atoms with Crippen LogP contribution in [0.1, 0.15) is 58.1 Å². The molecule has 0 bridgehead atoms. The Kier molecular flexibility index (Phi) is 6.65. The first-order valence-electron chi connectivity index (χ1n) is 7.57. The van der Waals surface area contributed by atoms with Crippen LogP contribution >= 0.6 is 0 Å². The Bertz CT molecular complexity index is 546. The number of ether oxygens (including phenoxy) is 1. The molecule has 0 saturated heterocycles. The minimum atomic E-state index is -0.488. The summed E-state index contributed by atoms with van der Waals surface area (Å²) in [6.45, 7) is 9.70. The average molecular weight is 293 g/mol. The van der Waals surface area contributed by atoms with Crippen LogP contribution in [0.25, 0.3) is 6.08 Å². The summed E-state index contributed by atoms with van der Waals surface area (Å²) in [5.74, 6) is 0. The maximum Gasteiger partial charge on any atom is 1.00 e. The average Bonchev–Trinajstić information content (AvgIpc) is 2.42. The number of allylic oxidation sites excluding steroid dienone is 1. The van der Waals surface area contributed by atoms with Gasteiger partial charge in [0.05, 0.1) is 0 Å². The molecule has 0 aliphatic carbocycles. The number of benzene rings is 1. The number of rotatable bonds is 3. The second kappa shape index (κ2) is 7.81. The van der Waals surface area contributed by atoms with Gasteiger partial charge in [0, 0.05) is 5.70 Å². The van der Waals surface area contributed by atoms with E-state index in [1.165, 1.54) is 0 Å². The normalized spacial score (nSPS) is 13.5. The Morgan fingerprint density at radius 1 is 1.27 bits per heavy atom. The molecule has 1 aliphatic heterocycles. The summed E-state index contributed by atoms with van der Waals surface area (Å²) < 4.78 is 5.52. The van der Waals surface area contributed by atoms with Crippen LogP contribution in [0.2, 0.25) is 0 Å². The summed E-state index contributed by atoms with van der Waals surface area (Å²) in [6.07, 6.45) is 4.82. The largest absolute Gasteiger partial charge is 1.00 e. The molecule has 1 aromatic carbocycles. The number of carbonyl (C=O) groups excluding carboxylic acids is 1.